The van der Waals surface area contributed by atoms with Crippen LogP contribution in [0.5, 0.6) is 0 Å². The number of benzene rings is 1. The molecule has 2 aromatic rings. The molecule has 3 nitrogen and oxygen atoms in total. The molecule has 0 saturated heterocycles. The maximum atomic E-state index is 12.4. The zero-order valence-corrected chi connectivity index (χ0v) is 9.61. The molecule has 0 saturated carbocycles. The molecule has 0 aliphatic carbocycles. The smallest absolute Gasteiger partial charge is 0.366 e. The van der Waals surface area contributed by atoms with E-state index < -0.39 is 17.6 Å². The Morgan fingerprint density at radius 2 is 1.79 bits per heavy atom. The first-order valence-corrected chi connectivity index (χ1v) is 5.32. The van der Waals surface area contributed by atoms with Crippen molar-refractivity contribution in [1.82, 2.24) is 4.98 Å². The van der Waals surface area contributed by atoms with E-state index in [1.807, 2.05) is 0 Å². The van der Waals surface area contributed by atoms with Crippen LogP contribution in [0, 0.1) is 0 Å². The summed E-state index contributed by atoms with van der Waals surface area (Å²) in [6.45, 7) is 0. The average Bonchev–Trinajstić information content (AvgIpc) is 2.38. The van der Waals surface area contributed by atoms with Crippen LogP contribution < -0.4 is 5.73 Å². The van der Waals surface area contributed by atoms with E-state index in [2.05, 4.69) is 4.98 Å². The number of alkyl halides is 3. The highest BCUT2D eigenvalue weighted by Crippen LogP contribution is 2.30. The summed E-state index contributed by atoms with van der Waals surface area (Å²) >= 11 is 0. The Morgan fingerprint density at radius 3 is 2.32 bits per heavy atom. The zero-order valence-electron chi connectivity index (χ0n) is 9.61. The fraction of sp³-hybridized carbons (Fsp3) is 0.0769. The fourth-order valence-electron chi connectivity index (χ4n) is 1.64. The predicted octanol–water partition coefficient (Wildman–Crippen LogP) is 2.87. The standard InChI is InChI=1S/C13H9F3N2O/c14-13(15,16)8-5-6-11(18-7-8)9-3-1-2-4-10(9)12(17)19/h1-7H,(H2,17,19). The molecular weight excluding hydrogens is 257 g/mol. The molecule has 1 aromatic carbocycles. The molecule has 0 atom stereocenters. The molecule has 0 fully saturated rings. The Labute approximate surface area is 106 Å². The highest BCUT2D eigenvalue weighted by atomic mass is 19.4. The lowest BCUT2D eigenvalue weighted by molar-refractivity contribution is -0.137. The maximum Gasteiger partial charge on any atom is 0.417 e. The molecule has 0 spiro atoms. The summed E-state index contributed by atoms with van der Waals surface area (Å²) in [5.41, 5.74) is 5.25. The minimum absolute atomic E-state index is 0.217. The first kappa shape index (κ1) is 13.1. The molecule has 0 aliphatic rings. The van der Waals surface area contributed by atoms with Gasteiger partial charge in [0, 0.05) is 17.3 Å². The Balaban J connectivity index is 2.46. The van der Waals surface area contributed by atoms with Crippen molar-refractivity contribution in [2.75, 3.05) is 0 Å². The lowest BCUT2D eigenvalue weighted by atomic mass is 10.0. The number of nitrogens with zero attached hydrogens (tertiary/aromatic N) is 1. The zero-order chi connectivity index (χ0) is 14.0. The molecule has 0 radical (unpaired) electrons. The molecule has 0 unspecified atom stereocenters. The van der Waals surface area contributed by atoms with E-state index in [-0.39, 0.29) is 11.3 Å². The molecule has 0 bridgehead atoms. The predicted molar refractivity (Wildman–Crippen MR) is 63.2 cm³/mol. The lowest BCUT2D eigenvalue weighted by Crippen LogP contribution is -2.12. The van der Waals surface area contributed by atoms with Crippen molar-refractivity contribution in [2.45, 2.75) is 6.18 Å². The molecule has 1 heterocycles. The van der Waals surface area contributed by atoms with Gasteiger partial charge < -0.3 is 5.73 Å². The number of primary amides is 1. The van der Waals surface area contributed by atoms with E-state index >= 15 is 0 Å². The van der Waals surface area contributed by atoms with Crippen LogP contribution in [-0.2, 0) is 6.18 Å². The number of carbonyl (C=O) groups excluding carboxylic acids is 1. The normalized spacial score (nSPS) is 11.3. The number of pyridine rings is 1. The molecule has 6 heteroatoms. The molecule has 0 aliphatic heterocycles. The largest absolute Gasteiger partial charge is 0.417 e. The van der Waals surface area contributed by atoms with Gasteiger partial charge in [0.1, 0.15) is 0 Å². The van der Waals surface area contributed by atoms with Crippen LogP contribution in [0.15, 0.2) is 42.6 Å². The highest BCUT2D eigenvalue weighted by Gasteiger charge is 2.30. The van der Waals surface area contributed by atoms with Crippen molar-refractivity contribution in [1.29, 1.82) is 0 Å². The van der Waals surface area contributed by atoms with E-state index in [1.165, 1.54) is 12.1 Å². The third-order valence-corrected chi connectivity index (χ3v) is 2.56. The minimum atomic E-state index is -4.44. The Morgan fingerprint density at radius 1 is 1.11 bits per heavy atom. The number of halogens is 3. The van der Waals surface area contributed by atoms with Crippen molar-refractivity contribution >= 4 is 5.91 Å². The van der Waals surface area contributed by atoms with E-state index in [0.717, 1.165) is 12.3 Å². The van der Waals surface area contributed by atoms with Crippen molar-refractivity contribution in [3.05, 3.63) is 53.7 Å². The van der Waals surface area contributed by atoms with Crippen LogP contribution in [0.25, 0.3) is 11.3 Å². The van der Waals surface area contributed by atoms with Crippen molar-refractivity contribution in [2.24, 2.45) is 5.73 Å². The van der Waals surface area contributed by atoms with Gasteiger partial charge in [-0.1, -0.05) is 18.2 Å². The average molecular weight is 266 g/mol. The first-order valence-electron chi connectivity index (χ1n) is 5.32. The summed E-state index contributed by atoms with van der Waals surface area (Å²) in [4.78, 5) is 15.0. The SMILES string of the molecule is NC(=O)c1ccccc1-c1ccc(C(F)(F)F)cn1. The van der Waals surface area contributed by atoms with E-state index in [0.29, 0.717) is 5.56 Å². The molecule has 98 valence electrons. The number of amides is 1. The summed E-state index contributed by atoms with van der Waals surface area (Å²) in [5, 5.41) is 0. The second-order valence-electron chi connectivity index (χ2n) is 3.84. The van der Waals surface area contributed by atoms with Crippen molar-refractivity contribution < 1.29 is 18.0 Å². The van der Waals surface area contributed by atoms with Gasteiger partial charge in [0.25, 0.3) is 0 Å². The van der Waals surface area contributed by atoms with Gasteiger partial charge in [-0.2, -0.15) is 13.2 Å². The highest BCUT2D eigenvalue weighted by molar-refractivity contribution is 5.99. The van der Waals surface area contributed by atoms with Crippen LogP contribution >= 0.6 is 0 Å². The molecule has 1 aromatic heterocycles. The summed E-state index contributed by atoms with van der Waals surface area (Å²) in [6.07, 6.45) is -3.71. The van der Waals surface area contributed by atoms with E-state index in [1.54, 1.807) is 18.2 Å². The molecule has 19 heavy (non-hydrogen) atoms. The van der Waals surface area contributed by atoms with E-state index in [4.69, 9.17) is 5.73 Å². The van der Waals surface area contributed by atoms with Gasteiger partial charge in [0.2, 0.25) is 5.91 Å². The van der Waals surface area contributed by atoms with Crippen molar-refractivity contribution in [3.8, 4) is 11.3 Å². The van der Waals surface area contributed by atoms with Crippen LogP contribution in [-0.4, -0.2) is 10.9 Å². The summed E-state index contributed by atoms with van der Waals surface area (Å²) in [7, 11) is 0. The lowest BCUT2D eigenvalue weighted by Gasteiger charge is -2.08. The second-order valence-corrected chi connectivity index (χ2v) is 3.84. The fourth-order valence-corrected chi connectivity index (χ4v) is 1.64. The molecule has 1 amide bonds. The quantitative estimate of drug-likeness (QED) is 0.908. The second kappa shape index (κ2) is 4.72. The Kier molecular flexibility index (Phi) is 3.25. The van der Waals surface area contributed by atoms with Gasteiger partial charge in [-0.3, -0.25) is 9.78 Å². The third kappa shape index (κ3) is 2.73. The summed E-state index contributed by atoms with van der Waals surface area (Å²) in [5.74, 6) is -0.655. The van der Waals surface area contributed by atoms with Gasteiger partial charge in [0.15, 0.2) is 0 Å². The monoisotopic (exact) mass is 266 g/mol. The summed E-state index contributed by atoms with van der Waals surface area (Å²) in [6, 6.07) is 8.48. The van der Waals surface area contributed by atoms with Crippen molar-refractivity contribution in [3.63, 3.8) is 0 Å². The van der Waals surface area contributed by atoms with Gasteiger partial charge >= 0.3 is 6.18 Å². The van der Waals surface area contributed by atoms with Crippen LogP contribution in [0.1, 0.15) is 15.9 Å². The number of hydrogen-bond donors (Lipinski definition) is 1. The van der Waals surface area contributed by atoms with Gasteiger partial charge in [-0.15, -0.1) is 0 Å². The Hall–Kier alpha value is -2.37. The van der Waals surface area contributed by atoms with Crippen LogP contribution in [0.4, 0.5) is 13.2 Å². The van der Waals surface area contributed by atoms with Gasteiger partial charge in [-0.05, 0) is 18.2 Å². The van der Waals surface area contributed by atoms with Gasteiger partial charge in [-0.25, -0.2) is 0 Å². The maximum absolute atomic E-state index is 12.4. The minimum Gasteiger partial charge on any atom is -0.366 e. The number of hydrogen-bond acceptors (Lipinski definition) is 2. The van der Waals surface area contributed by atoms with Gasteiger partial charge in [0.05, 0.1) is 11.3 Å². The number of nitrogens with two attached hydrogens (primary N) is 1. The van der Waals surface area contributed by atoms with Crippen LogP contribution in [0.2, 0.25) is 0 Å². The van der Waals surface area contributed by atoms with E-state index in [9.17, 15) is 18.0 Å². The molecular formula is C13H9F3N2O. The first-order chi connectivity index (χ1) is 8.89. The Bertz CT molecular complexity index is 606. The number of carbonyl (C=O) groups is 1. The number of aromatic nitrogens is 1. The van der Waals surface area contributed by atoms with Crippen LogP contribution in [0.3, 0.4) is 0 Å². The summed E-state index contributed by atoms with van der Waals surface area (Å²) < 4.78 is 37.2. The molecule has 2 rings (SSSR count). The molecule has 2 N–H and O–H groups in total. The third-order valence-electron chi connectivity index (χ3n) is 2.56. The number of rotatable bonds is 2. The topological polar surface area (TPSA) is 56.0 Å².